The number of methoxy groups -OCH3 is 1. The van der Waals surface area contributed by atoms with Gasteiger partial charge in [-0.2, -0.15) is 0 Å². The fourth-order valence-corrected chi connectivity index (χ4v) is 2.82. The molecule has 0 radical (unpaired) electrons. The lowest BCUT2D eigenvalue weighted by Crippen LogP contribution is -2.30. The Morgan fingerprint density at radius 3 is 2.69 bits per heavy atom. The second kappa shape index (κ2) is 7.03. The number of fused-ring (bicyclic) bond motifs is 1. The first-order valence-electron chi connectivity index (χ1n) is 8.15. The van der Waals surface area contributed by atoms with Crippen LogP contribution in [0.3, 0.4) is 0 Å². The number of hydrogen-bond donors (Lipinski definition) is 0. The Kier molecular flexibility index (Phi) is 4.79. The van der Waals surface area contributed by atoms with Crippen LogP contribution in [-0.2, 0) is 17.8 Å². The molecule has 0 saturated carbocycles. The first kappa shape index (κ1) is 17.7. The van der Waals surface area contributed by atoms with Gasteiger partial charge in [-0.15, -0.1) is 0 Å². The monoisotopic (exact) mass is 356 g/mol. The highest BCUT2D eigenvalue weighted by atomic mass is 16.5. The average Bonchev–Trinajstić information content (AvgIpc) is 3.02. The van der Waals surface area contributed by atoms with Crippen molar-refractivity contribution in [2.24, 2.45) is 0 Å². The van der Waals surface area contributed by atoms with Crippen LogP contribution in [0.15, 0.2) is 38.0 Å². The van der Waals surface area contributed by atoms with Gasteiger partial charge in [0.15, 0.2) is 0 Å². The molecule has 1 aromatic carbocycles. The highest BCUT2D eigenvalue weighted by Crippen LogP contribution is 2.24. The number of amides is 1. The Hall–Kier alpha value is -3.09. The summed E-state index contributed by atoms with van der Waals surface area (Å²) in [6.07, 6.45) is -0.0382. The van der Waals surface area contributed by atoms with Crippen LogP contribution < -0.4 is 10.4 Å². The fraction of sp³-hybridized carbons (Fsp3) is 0.316. The lowest BCUT2D eigenvalue weighted by Gasteiger charge is -2.16. The number of carbonyl (C=O) groups excluding carboxylic acids is 1. The van der Waals surface area contributed by atoms with E-state index in [2.05, 4.69) is 5.16 Å². The van der Waals surface area contributed by atoms with Crippen molar-refractivity contribution in [1.82, 2.24) is 10.1 Å². The molecule has 0 saturated heterocycles. The van der Waals surface area contributed by atoms with Crippen LogP contribution in [0.4, 0.5) is 0 Å². The number of benzene rings is 1. The molecule has 0 atom stereocenters. The van der Waals surface area contributed by atoms with E-state index in [1.807, 2.05) is 13.0 Å². The number of carbonyl (C=O) groups is 1. The molecule has 0 spiro atoms. The third kappa shape index (κ3) is 3.46. The topological polar surface area (TPSA) is 85.8 Å². The molecular weight excluding hydrogens is 336 g/mol. The predicted octanol–water partition coefficient (Wildman–Crippen LogP) is 2.61. The van der Waals surface area contributed by atoms with E-state index in [0.29, 0.717) is 34.9 Å². The van der Waals surface area contributed by atoms with Gasteiger partial charge in [0.1, 0.15) is 22.8 Å². The summed E-state index contributed by atoms with van der Waals surface area (Å²) in [6, 6.07) is 7.05. The lowest BCUT2D eigenvalue weighted by molar-refractivity contribution is -0.129. The largest absolute Gasteiger partial charge is 0.497 e. The molecule has 2 heterocycles. The number of rotatable bonds is 5. The van der Waals surface area contributed by atoms with E-state index in [0.717, 1.165) is 10.9 Å². The van der Waals surface area contributed by atoms with E-state index in [9.17, 15) is 9.59 Å². The molecule has 7 heteroatoms. The second-order valence-corrected chi connectivity index (χ2v) is 6.21. The molecule has 0 unspecified atom stereocenters. The van der Waals surface area contributed by atoms with E-state index in [-0.39, 0.29) is 12.3 Å². The Bertz CT molecular complexity index is 1020. The third-order valence-corrected chi connectivity index (χ3v) is 4.32. The molecule has 0 aliphatic rings. The van der Waals surface area contributed by atoms with Crippen molar-refractivity contribution in [2.45, 2.75) is 26.8 Å². The maximum Gasteiger partial charge on any atom is 0.340 e. The van der Waals surface area contributed by atoms with Crippen LogP contribution in [0.2, 0.25) is 0 Å². The maximum absolute atomic E-state index is 12.5. The number of likely N-dealkylation sites (N-methyl/N-ethyl adjacent to an activating group) is 1. The number of aryl methyl sites for hydroxylation is 2. The Labute approximate surface area is 150 Å². The lowest BCUT2D eigenvalue weighted by atomic mass is 10.0. The maximum atomic E-state index is 12.5. The molecule has 26 heavy (non-hydrogen) atoms. The number of hydrogen-bond acceptors (Lipinski definition) is 6. The first-order valence-corrected chi connectivity index (χ1v) is 8.15. The normalized spacial score (nSPS) is 10.9. The van der Waals surface area contributed by atoms with Crippen LogP contribution in [-0.4, -0.2) is 30.1 Å². The van der Waals surface area contributed by atoms with Crippen molar-refractivity contribution in [3.05, 3.63) is 57.3 Å². The molecule has 0 aliphatic carbocycles. The summed E-state index contributed by atoms with van der Waals surface area (Å²) in [6.45, 7) is 3.91. The van der Waals surface area contributed by atoms with Crippen molar-refractivity contribution < 1.29 is 18.5 Å². The standard InChI is InChI=1S/C19H20N2O5/c1-11-7-13(20-26-11)10-21(3)18(22)9-16-12(2)15-6-5-14(24-4)8-17(15)25-19(16)23/h5-8H,9-10H2,1-4H3. The van der Waals surface area contributed by atoms with Gasteiger partial charge in [0.25, 0.3) is 0 Å². The van der Waals surface area contributed by atoms with Crippen LogP contribution in [0.5, 0.6) is 5.75 Å². The highest BCUT2D eigenvalue weighted by molar-refractivity contribution is 5.85. The van der Waals surface area contributed by atoms with Gasteiger partial charge >= 0.3 is 5.63 Å². The number of aromatic nitrogens is 1. The molecule has 1 amide bonds. The van der Waals surface area contributed by atoms with Gasteiger partial charge in [0, 0.05) is 24.6 Å². The Morgan fingerprint density at radius 2 is 2.04 bits per heavy atom. The van der Waals surface area contributed by atoms with Crippen molar-refractivity contribution >= 4 is 16.9 Å². The molecule has 3 rings (SSSR count). The quantitative estimate of drug-likeness (QED) is 0.653. The molecule has 0 bridgehead atoms. The third-order valence-electron chi connectivity index (χ3n) is 4.32. The minimum atomic E-state index is -0.512. The van der Waals surface area contributed by atoms with Crippen LogP contribution >= 0.6 is 0 Å². The zero-order chi connectivity index (χ0) is 18.8. The summed E-state index contributed by atoms with van der Waals surface area (Å²) < 4.78 is 15.5. The summed E-state index contributed by atoms with van der Waals surface area (Å²) in [7, 11) is 3.21. The van der Waals surface area contributed by atoms with Gasteiger partial charge < -0.3 is 18.6 Å². The van der Waals surface area contributed by atoms with E-state index >= 15 is 0 Å². The molecule has 0 N–H and O–H groups in total. The van der Waals surface area contributed by atoms with E-state index in [1.165, 1.54) is 4.90 Å². The van der Waals surface area contributed by atoms with Gasteiger partial charge in [0.2, 0.25) is 5.91 Å². The zero-order valence-corrected chi connectivity index (χ0v) is 15.2. The van der Waals surface area contributed by atoms with Crippen LogP contribution in [0, 0.1) is 13.8 Å². The summed E-state index contributed by atoms with van der Waals surface area (Å²) in [5.41, 5.74) is 1.68. The van der Waals surface area contributed by atoms with Crippen molar-refractivity contribution in [3.63, 3.8) is 0 Å². The summed E-state index contributed by atoms with van der Waals surface area (Å²) in [5, 5.41) is 4.66. The van der Waals surface area contributed by atoms with Crippen molar-refractivity contribution in [2.75, 3.05) is 14.2 Å². The SMILES string of the molecule is COc1ccc2c(C)c(CC(=O)N(C)Cc3cc(C)on3)c(=O)oc2c1. The molecule has 3 aromatic rings. The average molecular weight is 356 g/mol. The zero-order valence-electron chi connectivity index (χ0n) is 15.2. The summed E-state index contributed by atoms with van der Waals surface area (Å²) in [5.74, 6) is 1.09. The molecule has 2 aromatic heterocycles. The van der Waals surface area contributed by atoms with Gasteiger partial charge in [-0.1, -0.05) is 5.16 Å². The molecule has 0 fully saturated rings. The van der Waals surface area contributed by atoms with Crippen molar-refractivity contribution in [1.29, 1.82) is 0 Å². The van der Waals surface area contributed by atoms with E-state index < -0.39 is 5.63 Å². The highest BCUT2D eigenvalue weighted by Gasteiger charge is 2.18. The fourth-order valence-electron chi connectivity index (χ4n) is 2.82. The molecule has 0 aliphatic heterocycles. The van der Waals surface area contributed by atoms with Gasteiger partial charge in [-0.3, -0.25) is 4.79 Å². The smallest absolute Gasteiger partial charge is 0.340 e. The number of nitrogens with zero attached hydrogens (tertiary/aromatic N) is 2. The second-order valence-electron chi connectivity index (χ2n) is 6.21. The Balaban J connectivity index is 1.85. The summed E-state index contributed by atoms with van der Waals surface area (Å²) in [4.78, 5) is 26.4. The van der Waals surface area contributed by atoms with Crippen LogP contribution in [0.1, 0.15) is 22.6 Å². The minimum Gasteiger partial charge on any atom is -0.497 e. The van der Waals surface area contributed by atoms with Crippen LogP contribution in [0.25, 0.3) is 11.0 Å². The molecule has 7 nitrogen and oxygen atoms in total. The van der Waals surface area contributed by atoms with Gasteiger partial charge in [-0.25, -0.2) is 4.79 Å². The molecule has 136 valence electrons. The number of ether oxygens (including phenoxy) is 1. The Morgan fingerprint density at radius 1 is 1.27 bits per heavy atom. The molecular formula is C19H20N2O5. The van der Waals surface area contributed by atoms with Gasteiger partial charge in [-0.05, 0) is 31.5 Å². The van der Waals surface area contributed by atoms with Gasteiger partial charge in [0.05, 0.1) is 25.6 Å². The summed E-state index contributed by atoms with van der Waals surface area (Å²) >= 11 is 0. The minimum absolute atomic E-state index is 0.0382. The predicted molar refractivity (Wildman–Crippen MR) is 95.2 cm³/mol. The van der Waals surface area contributed by atoms with Crippen molar-refractivity contribution in [3.8, 4) is 5.75 Å². The van der Waals surface area contributed by atoms with E-state index in [4.69, 9.17) is 13.7 Å². The van der Waals surface area contributed by atoms with E-state index in [1.54, 1.807) is 39.3 Å². The first-order chi connectivity index (χ1) is 12.4.